The first-order chi connectivity index (χ1) is 7.67. The number of hydrogen-bond donors (Lipinski definition) is 1. The van der Waals surface area contributed by atoms with Crippen LogP contribution in [-0.4, -0.2) is 19.8 Å². The van der Waals surface area contributed by atoms with E-state index in [4.69, 9.17) is 10.00 Å². The molecule has 0 saturated carbocycles. The number of nitrogens with zero attached hydrogens (tertiary/aromatic N) is 1. The van der Waals surface area contributed by atoms with E-state index in [1.807, 2.05) is 31.2 Å². The number of rotatable bonds is 5. The summed E-state index contributed by atoms with van der Waals surface area (Å²) in [4.78, 5) is 0. The van der Waals surface area contributed by atoms with Gasteiger partial charge in [-0.2, -0.15) is 5.26 Å². The van der Waals surface area contributed by atoms with E-state index >= 15 is 0 Å². The minimum atomic E-state index is -0.241. The molecule has 0 aliphatic rings. The fourth-order valence-electron chi connectivity index (χ4n) is 1.42. The fraction of sp³-hybridized carbons (Fsp3) is 0.417. The third-order valence-corrected chi connectivity index (χ3v) is 2.78. The van der Waals surface area contributed by atoms with Crippen molar-refractivity contribution in [1.29, 1.82) is 5.26 Å². The summed E-state index contributed by atoms with van der Waals surface area (Å²) in [5.74, 6) is 0.147. The van der Waals surface area contributed by atoms with Crippen LogP contribution in [0.5, 0.6) is 0 Å². The topological polar surface area (TPSA) is 45.0 Å². The van der Waals surface area contributed by atoms with Crippen LogP contribution in [0.15, 0.2) is 28.7 Å². The van der Waals surface area contributed by atoms with Gasteiger partial charge in [0.1, 0.15) is 6.04 Å². The Bertz CT molecular complexity index is 376. The fourth-order valence-corrected chi connectivity index (χ4v) is 1.82. The van der Waals surface area contributed by atoms with E-state index in [9.17, 15) is 0 Å². The molecule has 0 radical (unpaired) electrons. The molecule has 0 amide bonds. The van der Waals surface area contributed by atoms with E-state index in [0.29, 0.717) is 6.61 Å². The highest BCUT2D eigenvalue weighted by atomic mass is 79.9. The van der Waals surface area contributed by atoms with Crippen molar-refractivity contribution in [2.45, 2.75) is 13.0 Å². The van der Waals surface area contributed by atoms with E-state index in [0.717, 1.165) is 10.2 Å². The average Bonchev–Trinajstić information content (AvgIpc) is 2.26. The van der Waals surface area contributed by atoms with Gasteiger partial charge in [-0.25, -0.2) is 0 Å². The lowest BCUT2D eigenvalue weighted by Crippen LogP contribution is -2.28. The minimum absolute atomic E-state index is 0.147. The van der Waals surface area contributed by atoms with E-state index in [1.165, 1.54) is 0 Å². The molecule has 0 fully saturated rings. The molecule has 0 spiro atoms. The van der Waals surface area contributed by atoms with Gasteiger partial charge in [0.25, 0.3) is 0 Å². The van der Waals surface area contributed by atoms with Crippen molar-refractivity contribution in [3.8, 4) is 6.07 Å². The average molecular weight is 283 g/mol. The Labute approximate surface area is 105 Å². The van der Waals surface area contributed by atoms with Gasteiger partial charge in [0, 0.05) is 23.2 Å². The molecule has 86 valence electrons. The predicted octanol–water partition coefficient (Wildman–Crippen LogP) is 3.04. The largest absolute Gasteiger partial charge is 0.384 e. The summed E-state index contributed by atoms with van der Waals surface area (Å²) in [5, 5.41) is 12.3. The predicted molar refractivity (Wildman–Crippen MR) is 68.2 cm³/mol. The SMILES string of the molecule is COCC(C)C(C#N)Nc1cccc(Br)c1. The van der Waals surface area contributed by atoms with Crippen LogP contribution in [0.2, 0.25) is 0 Å². The van der Waals surface area contributed by atoms with Gasteiger partial charge in [-0.3, -0.25) is 0 Å². The zero-order valence-corrected chi connectivity index (χ0v) is 11.0. The Balaban J connectivity index is 2.67. The van der Waals surface area contributed by atoms with Crippen molar-refractivity contribution in [1.82, 2.24) is 0 Å². The second kappa shape index (κ2) is 6.51. The maximum Gasteiger partial charge on any atom is 0.119 e. The quantitative estimate of drug-likeness (QED) is 0.903. The normalized spacial score (nSPS) is 13.9. The van der Waals surface area contributed by atoms with E-state index in [1.54, 1.807) is 7.11 Å². The van der Waals surface area contributed by atoms with Crippen LogP contribution in [0.25, 0.3) is 0 Å². The van der Waals surface area contributed by atoms with E-state index in [2.05, 4.69) is 27.3 Å². The van der Waals surface area contributed by atoms with Gasteiger partial charge in [-0.05, 0) is 18.2 Å². The van der Waals surface area contributed by atoms with Crippen LogP contribution in [0.3, 0.4) is 0 Å². The Morgan fingerprint density at radius 2 is 2.31 bits per heavy atom. The van der Waals surface area contributed by atoms with E-state index in [-0.39, 0.29) is 12.0 Å². The molecule has 2 atom stereocenters. The summed E-state index contributed by atoms with van der Waals surface area (Å²) in [6, 6.07) is 9.78. The van der Waals surface area contributed by atoms with Gasteiger partial charge in [-0.15, -0.1) is 0 Å². The van der Waals surface area contributed by atoms with Gasteiger partial charge in [0.05, 0.1) is 12.7 Å². The monoisotopic (exact) mass is 282 g/mol. The Morgan fingerprint density at radius 1 is 1.56 bits per heavy atom. The summed E-state index contributed by atoms with van der Waals surface area (Å²) >= 11 is 3.39. The summed E-state index contributed by atoms with van der Waals surface area (Å²) in [6.45, 7) is 2.56. The lowest BCUT2D eigenvalue weighted by Gasteiger charge is -2.19. The standard InChI is InChI=1S/C12H15BrN2O/c1-9(8-16-2)12(7-14)15-11-5-3-4-10(13)6-11/h3-6,9,12,15H,8H2,1-2H3. The lowest BCUT2D eigenvalue weighted by molar-refractivity contribution is 0.157. The molecule has 2 unspecified atom stereocenters. The lowest BCUT2D eigenvalue weighted by atomic mass is 10.0. The molecule has 0 aromatic heterocycles. The summed E-state index contributed by atoms with van der Waals surface area (Å²) in [7, 11) is 1.64. The number of anilines is 1. The second-order valence-corrected chi connectivity index (χ2v) is 4.61. The van der Waals surface area contributed by atoms with Gasteiger partial charge in [0.2, 0.25) is 0 Å². The van der Waals surface area contributed by atoms with E-state index < -0.39 is 0 Å². The van der Waals surface area contributed by atoms with Crippen LogP contribution >= 0.6 is 15.9 Å². The molecule has 0 saturated heterocycles. The number of ether oxygens (including phenoxy) is 1. The molecular weight excluding hydrogens is 268 g/mol. The van der Waals surface area contributed by atoms with Crippen molar-refractivity contribution < 1.29 is 4.74 Å². The van der Waals surface area contributed by atoms with Crippen LogP contribution in [-0.2, 0) is 4.74 Å². The highest BCUT2D eigenvalue weighted by Crippen LogP contribution is 2.18. The zero-order valence-electron chi connectivity index (χ0n) is 9.40. The van der Waals surface area contributed by atoms with Crippen LogP contribution in [0, 0.1) is 17.2 Å². The van der Waals surface area contributed by atoms with Gasteiger partial charge >= 0.3 is 0 Å². The number of halogens is 1. The second-order valence-electron chi connectivity index (χ2n) is 3.69. The third-order valence-electron chi connectivity index (χ3n) is 2.28. The highest BCUT2D eigenvalue weighted by molar-refractivity contribution is 9.10. The molecule has 0 bridgehead atoms. The molecule has 4 heteroatoms. The van der Waals surface area contributed by atoms with Gasteiger partial charge in [0.15, 0.2) is 0 Å². The first-order valence-corrected chi connectivity index (χ1v) is 5.87. The first-order valence-electron chi connectivity index (χ1n) is 5.08. The molecule has 0 aliphatic heterocycles. The number of benzene rings is 1. The van der Waals surface area contributed by atoms with Crippen molar-refractivity contribution >= 4 is 21.6 Å². The van der Waals surface area contributed by atoms with Gasteiger partial charge in [-0.1, -0.05) is 28.9 Å². The molecule has 1 aromatic carbocycles. The maximum atomic E-state index is 9.07. The molecule has 1 rings (SSSR count). The molecule has 1 aromatic rings. The third kappa shape index (κ3) is 3.84. The molecule has 3 nitrogen and oxygen atoms in total. The molecule has 0 heterocycles. The smallest absolute Gasteiger partial charge is 0.119 e. The van der Waals surface area contributed by atoms with Crippen LogP contribution in [0.1, 0.15) is 6.92 Å². The number of nitrogens with one attached hydrogen (secondary N) is 1. The van der Waals surface area contributed by atoms with Crippen molar-refractivity contribution in [3.05, 3.63) is 28.7 Å². The molecular formula is C12H15BrN2O. The maximum absolute atomic E-state index is 9.07. The highest BCUT2D eigenvalue weighted by Gasteiger charge is 2.16. The zero-order chi connectivity index (χ0) is 12.0. The van der Waals surface area contributed by atoms with Crippen molar-refractivity contribution in [2.75, 3.05) is 19.0 Å². The Morgan fingerprint density at radius 3 is 2.88 bits per heavy atom. The number of methoxy groups -OCH3 is 1. The van der Waals surface area contributed by atoms with Crippen LogP contribution in [0.4, 0.5) is 5.69 Å². The molecule has 1 N–H and O–H groups in total. The minimum Gasteiger partial charge on any atom is -0.384 e. The Kier molecular flexibility index (Phi) is 5.30. The Hall–Kier alpha value is -1.05. The first kappa shape index (κ1) is 13.0. The molecule has 0 aliphatic carbocycles. The summed E-state index contributed by atoms with van der Waals surface area (Å²) < 4.78 is 6.04. The summed E-state index contributed by atoms with van der Waals surface area (Å²) in [5.41, 5.74) is 0.934. The number of hydrogen-bond acceptors (Lipinski definition) is 3. The molecule has 16 heavy (non-hydrogen) atoms. The van der Waals surface area contributed by atoms with Crippen molar-refractivity contribution in [3.63, 3.8) is 0 Å². The van der Waals surface area contributed by atoms with Crippen LogP contribution < -0.4 is 5.32 Å². The van der Waals surface area contributed by atoms with Gasteiger partial charge < -0.3 is 10.1 Å². The van der Waals surface area contributed by atoms with Crippen molar-refractivity contribution in [2.24, 2.45) is 5.92 Å². The number of nitriles is 1. The summed E-state index contributed by atoms with van der Waals surface area (Å²) in [6.07, 6.45) is 0.